The number of nitrogens with zero attached hydrogens (tertiary/aromatic N) is 3. The van der Waals surface area contributed by atoms with E-state index in [2.05, 4.69) is 20.6 Å². The quantitative estimate of drug-likeness (QED) is 0.732. The summed E-state index contributed by atoms with van der Waals surface area (Å²) >= 11 is 0. The number of pyridine rings is 2. The molecule has 1 aliphatic rings. The van der Waals surface area contributed by atoms with E-state index >= 15 is 0 Å². The Hall–Kier alpha value is -2.81. The molecule has 2 unspecified atom stereocenters. The Bertz CT molecular complexity index is 977. The molecular weight excluding hydrogens is 359 g/mol. The number of methoxy groups -OCH3 is 1. The number of hydrogen-bond donors (Lipinski definition) is 2. The molecule has 0 aliphatic carbocycles. The van der Waals surface area contributed by atoms with Crippen LogP contribution < -0.4 is 15.4 Å². The molecule has 27 heavy (non-hydrogen) atoms. The molecule has 0 saturated carbocycles. The van der Waals surface area contributed by atoms with Gasteiger partial charge in [-0.1, -0.05) is 0 Å². The monoisotopic (exact) mass is 377 g/mol. The van der Waals surface area contributed by atoms with Gasteiger partial charge in [-0.2, -0.15) is 0 Å². The zero-order valence-corrected chi connectivity index (χ0v) is 14.5. The van der Waals surface area contributed by atoms with Crippen molar-refractivity contribution in [1.82, 2.24) is 19.7 Å². The number of piperidine rings is 1. The lowest BCUT2D eigenvalue weighted by molar-refractivity contribution is 0.240. The van der Waals surface area contributed by atoms with Crippen molar-refractivity contribution in [2.24, 2.45) is 0 Å². The Kier molecular flexibility index (Phi) is 4.61. The fourth-order valence-electron chi connectivity index (χ4n) is 3.16. The second-order valence-electron chi connectivity index (χ2n) is 6.35. The summed E-state index contributed by atoms with van der Waals surface area (Å²) in [5.74, 6) is -1.28. The number of nitrogens with one attached hydrogen (secondary N) is 2. The van der Waals surface area contributed by atoms with Crippen molar-refractivity contribution in [3.63, 3.8) is 0 Å². The topological polar surface area (TPSA) is 63.5 Å². The van der Waals surface area contributed by atoms with Gasteiger partial charge in [0.05, 0.1) is 25.0 Å². The first-order valence-corrected chi connectivity index (χ1v) is 8.55. The van der Waals surface area contributed by atoms with Crippen LogP contribution >= 0.6 is 0 Å². The van der Waals surface area contributed by atoms with Crippen molar-refractivity contribution in [3.8, 4) is 17.1 Å². The molecule has 2 atom stereocenters. The number of imidazole rings is 1. The van der Waals surface area contributed by atoms with Crippen LogP contribution in [0.25, 0.3) is 17.0 Å². The van der Waals surface area contributed by atoms with Crippen LogP contribution in [0, 0.1) is 11.6 Å². The molecule has 0 amide bonds. The van der Waals surface area contributed by atoms with E-state index in [1.54, 1.807) is 22.7 Å². The van der Waals surface area contributed by atoms with Crippen LogP contribution in [0.2, 0.25) is 0 Å². The molecular formula is C18H18F3N5O. The van der Waals surface area contributed by atoms with Crippen molar-refractivity contribution in [2.45, 2.75) is 18.6 Å². The number of hydrogen-bond acceptors (Lipinski definition) is 5. The predicted molar refractivity (Wildman–Crippen MR) is 94.7 cm³/mol. The van der Waals surface area contributed by atoms with Gasteiger partial charge in [-0.05, 0) is 19.0 Å². The fourth-order valence-corrected chi connectivity index (χ4v) is 3.16. The first-order chi connectivity index (χ1) is 13.1. The average Bonchev–Trinajstić information content (AvgIpc) is 3.08. The Morgan fingerprint density at radius 3 is 2.93 bits per heavy atom. The Balaban J connectivity index is 1.73. The highest BCUT2D eigenvalue weighted by Gasteiger charge is 2.26. The van der Waals surface area contributed by atoms with Crippen LogP contribution in [-0.2, 0) is 0 Å². The first kappa shape index (κ1) is 17.6. The maximum atomic E-state index is 14.4. The zero-order valence-electron chi connectivity index (χ0n) is 14.5. The molecule has 6 nitrogen and oxygen atoms in total. The molecule has 0 aromatic carbocycles. The predicted octanol–water partition coefficient (Wildman–Crippen LogP) is 2.80. The summed E-state index contributed by atoms with van der Waals surface area (Å²) in [6.07, 6.45) is 2.30. The number of halogens is 3. The van der Waals surface area contributed by atoms with Crippen molar-refractivity contribution >= 4 is 11.5 Å². The summed E-state index contributed by atoms with van der Waals surface area (Å²) in [5.41, 5.74) is 0.812. The summed E-state index contributed by atoms with van der Waals surface area (Å²) < 4.78 is 49.5. The lowest BCUT2D eigenvalue weighted by atomic mass is 10.1. The van der Waals surface area contributed by atoms with Crippen molar-refractivity contribution in [3.05, 3.63) is 42.2 Å². The zero-order chi connectivity index (χ0) is 19.0. The molecule has 142 valence electrons. The molecule has 3 aromatic heterocycles. The normalized spacial score (nSPS) is 20.0. The third kappa shape index (κ3) is 3.30. The highest BCUT2D eigenvalue weighted by molar-refractivity contribution is 5.63. The molecule has 1 aliphatic heterocycles. The third-order valence-electron chi connectivity index (χ3n) is 4.61. The number of anilines is 1. The minimum atomic E-state index is -1.13. The average molecular weight is 377 g/mol. The molecule has 2 N–H and O–H groups in total. The smallest absolute Gasteiger partial charge is 0.168 e. The van der Waals surface area contributed by atoms with Crippen LogP contribution in [0.5, 0.6) is 5.75 Å². The molecule has 4 rings (SSSR count). The molecule has 3 aromatic rings. The maximum Gasteiger partial charge on any atom is 0.168 e. The summed E-state index contributed by atoms with van der Waals surface area (Å²) in [7, 11) is 1.53. The second kappa shape index (κ2) is 7.07. The Morgan fingerprint density at radius 1 is 1.30 bits per heavy atom. The van der Waals surface area contributed by atoms with Gasteiger partial charge in [-0.15, -0.1) is 0 Å². The molecule has 4 heterocycles. The summed E-state index contributed by atoms with van der Waals surface area (Å²) in [4.78, 5) is 8.30. The van der Waals surface area contributed by atoms with Gasteiger partial charge in [-0.25, -0.2) is 23.1 Å². The van der Waals surface area contributed by atoms with E-state index in [0.29, 0.717) is 36.6 Å². The van der Waals surface area contributed by atoms with Gasteiger partial charge in [-0.3, -0.25) is 4.40 Å². The minimum Gasteiger partial charge on any atom is -0.497 e. The maximum absolute atomic E-state index is 14.4. The lowest BCUT2D eigenvalue weighted by Crippen LogP contribution is -2.46. The molecule has 1 saturated heterocycles. The van der Waals surface area contributed by atoms with Gasteiger partial charge in [0, 0.05) is 24.9 Å². The van der Waals surface area contributed by atoms with Crippen LogP contribution in [0.15, 0.2) is 30.6 Å². The van der Waals surface area contributed by atoms with Gasteiger partial charge >= 0.3 is 0 Å². The fraction of sp³-hybridized carbons (Fsp3) is 0.333. The van der Waals surface area contributed by atoms with E-state index in [1.807, 2.05) is 0 Å². The highest BCUT2D eigenvalue weighted by Crippen LogP contribution is 2.27. The number of fused-ring (bicyclic) bond motifs is 1. The number of aromatic nitrogens is 3. The van der Waals surface area contributed by atoms with Crippen LogP contribution in [0.3, 0.4) is 0 Å². The summed E-state index contributed by atoms with van der Waals surface area (Å²) in [6.45, 7) is 0.902. The van der Waals surface area contributed by atoms with Gasteiger partial charge in [0.2, 0.25) is 0 Å². The van der Waals surface area contributed by atoms with Gasteiger partial charge < -0.3 is 15.4 Å². The van der Waals surface area contributed by atoms with E-state index in [9.17, 15) is 13.2 Å². The molecule has 1 fully saturated rings. The first-order valence-electron chi connectivity index (χ1n) is 8.55. The van der Waals surface area contributed by atoms with E-state index < -0.39 is 23.8 Å². The summed E-state index contributed by atoms with van der Waals surface area (Å²) in [6, 6.07) is 3.49. The standard InChI is InChI=1S/C18H18F3N5O/c1-27-10-3-5-26-15(9-23-16(26)6-10)17-12(20)7-13(21)18(25-17)24-14-8-22-4-2-11(14)19/h3,5-7,9,11,14,22H,2,4,8H2,1H3,(H,24,25). The van der Waals surface area contributed by atoms with E-state index in [-0.39, 0.29) is 11.5 Å². The Morgan fingerprint density at radius 2 is 2.15 bits per heavy atom. The highest BCUT2D eigenvalue weighted by atomic mass is 19.1. The van der Waals surface area contributed by atoms with Crippen LogP contribution in [0.1, 0.15) is 6.42 Å². The number of ether oxygens (including phenoxy) is 1. The second-order valence-corrected chi connectivity index (χ2v) is 6.35. The SMILES string of the molecule is COc1ccn2c(-c3nc(NC4CNCCC4F)c(F)cc3F)cnc2c1. The van der Waals surface area contributed by atoms with E-state index in [0.717, 1.165) is 6.07 Å². The van der Waals surface area contributed by atoms with Gasteiger partial charge in [0.25, 0.3) is 0 Å². The van der Waals surface area contributed by atoms with Crippen molar-refractivity contribution < 1.29 is 17.9 Å². The van der Waals surface area contributed by atoms with Gasteiger partial charge in [0.15, 0.2) is 17.5 Å². The summed E-state index contributed by atoms with van der Waals surface area (Å²) in [5, 5.41) is 5.80. The number of rotatable bonds is 4. The third-order valence-corrected chi connectivity index (χ3v) is 4.61. The lowest BCUT2D eigenvalue weighted by Gasteiger charge is -2.28. The van der Waals surface area contributed by atoms with Crippen molar-refractivity contribution in [2.75, 3.05) is 25.5 Å². The molecule has 9 heteroatoms. The Labute approximate surface area is 153 Å². The van der Waals surface area contributed by atoms with Gasteiger partial charge in [0.1, 0.15) is 23.3 Å². The molecule has 0 bridgehead atoms. The van der Waals surface area contributed by atoms with E-state index in [1.165, 1.54) is 13.3 Å². The minimum absolute atomic E-state index is 0.0734. The van der Waals surface area contributed by atoms with Crippen molar-refractivity contribution in [1.29, 1.82) is 0 Å². The molecule has 0 spiro atoms. The molecule has 0 radical (unpaired) electrons. The largest absolute Gasteiger partial charge is 0.497 e. The number of alkyl halides is 1. The van der Waals surface area contributed by atoms with Crippen LogP contribution in [-0.4, -0.2) is 46.8 Å². The van der Waals surface area contributed by atoms with Crippen LogP contribution in [0.4, 0.5) is 19.0 Å². The van der Waals surface area contributed by atoms with E-state index in [4.69, 9.17) is 4.74 Å².